The lowest BCUT2D eigenvalue weighted by Crippen LogP contribution is -2.18. The Hall–Kier alpha value is -2.64. The number of aromatic nitrogens is 3. The summed E-state index contributed by atoms with van der Waals surface area (Å²) in [6.45, 7) is 5.48. The highest BCUT2D eigenvalue weighted by molar-refractivity contribution is 7.99. The van der Waals surface area contributed by atoms with Gasteiger partial charge in [-0.25, -0.2) is 4.98 Å². The molecule has 1 aromatic heterocycles. The van der Waals surface area contributed by atoms with Crippen LogP contribution in [0.1, 0.15) is 30.9 Å². The van der Waals surface area contributed by atoms with Crippen LogP contribution in [0.15, 0.2) is 53.7 Å². The Labute approximate surface area is 181 Å². The monoisotopic (exact) mass is 421 g/mol. The van der Waals surface area contributed by atoms with E-state index in [0.717, 1.165) is 24.2 Å². The number of anilines is 1. The zero-order valence-electron chi connectivity index (χ0n) is 17.2. The molecule has 6 nitrogen and oxygen atoms in total. The lowest BCUT2D eigenvalue weighted by atomic mass is 10.1. The largest absolute Gasteiger partial charge is 0.325 e. The molecule has 0 unspecified atom stereocenters. The Morgan fingerprint density at radius 2 is 1.77 bits per heavy atom. The van der Waals surface area contributed by atoms with Crippen LogP contribution in [0.4, 0.5) is 5.69 Å². The fourth-order valence-electron chi connectivity index (χ4n) is 3.56. The maximum Gasteiger partial charge on any atom is 0.234 e. The van der Waals surface area contributed by atoms with Gasteiger partial charge in [0.25, 0.3) is 0 Å². The van der Waals surface area contributed by atoms with Gasteiger partial charge in [-0.2, -0.15) is 0 Å². The van der Waals surface area contributed by atoms with Gasteiger partial charge in [-0.3, -0.25) is 14.8 Å². The van der Waals surface area contributed by atoms with Crippen LogP contribution in [0, 0.1) is 0 Å². The van der Waals surface area contributed by atoms with Crippen molar-refractivity contribution in [1.82, 2.24) is 20.1 Å². The van der Waals surface area contributed by atoms with Gasteiger partial charge in [-0.05, 0) is 55.6 Å². The van der Waals surface area contributed by atoms with Crippen molar-refractivity contribution >= 4 is 23.4 Å². The second kappa shape index (κ2) is 9.91. The number of carbonyl (C=O) groups excluding carboxylic acids is 1. The van der Waals surface area contributed by atoms with Gasteiger partial charge in [0.2, 0.25) is 11.1 Å². The highest BCUT2D eigenvalue weighted by Crippen LogP contribution is 2.20. The Kier molecular flexibility index (Phi) is 6.81. The van der Waals surface area contributed by atoms with Crippen LogP contribution in [0.3, 0.4) is 0 Å². The van der Waals surface area contributed by atoms with Crippen molar-refractivity contribution < 1.29 is 4.79 Å². The van der Waals surface area contributed by atoms with E-state index in [1.807, 2.05) is 24.3 Å². The van der Waals surface area contributed by atoms with Crippen LogP contribution < -0.4 is 5.32 Å². The third-order valence-corrected chi connectivity index (χ3v) is 6.12. The molecule has 1 fully saturated rings. The van der Waals surface area contributed by atoms with Crippen molar-refractivity contribution in [1.29, 1.82) is 0 Å². The van der Waals surface area contributed by atoms with Gasteiger partial charge in [-0.1, -0.05) is 55.1 Å². The highest BCUT2D eigenvalue weighted by Gasteiger charge is 2.12. The number of hydrogen-bond acceptors (Lipinski definition) is 5. The summed E-state index contributed by atoms with van der Waals surface area (Å²) in [6, 6.07) is 16.4. The van der Waals surface area contributed by atoms with Crippen molar-refractivity contribution in [3.8, 4) is 11.4 Å². The molecular weight excluding hydrogens is 394 g/mol. The van der Waals surface area contributed by atoms with Crippen LogP contribution in [0.2, 0.25) is 0 Å². The summed E-state index contributed by atoms with van der Waals surface area (Å²) in [4.78, 5) is 19.2. The van der Waals surface area contributed by atoms with Crippen LogP contribution in [0.25, 0.3) is 11.4 Å². The first-order valence-corrected chi connectivity index (χ1v) is 11.4. The van der Waals surface area contributed by atoms with Crippen LogP contribution in [-0.2, 0) is 17.8 Å². The van der Waals surface area contributed by atoms with Gasteiger partial charge in [0.15, 0.2) is 5.82 Å². The van der Waals surface area contributed by atoms with Gasteiger partial charge >= 0.3 is 0 Å². The quantitative estimate of drug-likeness (QED) is 0.529. The Bertz CT molecular complexity index is 962. The summed E-state index contributed by atoms with van der Waals surface area (Å²) in [5.41, 5.74) is 4.38. The Morgan fingerprint density at radius 3 is 2.47 bits per heavy atom. The second-order valence-electron chi connectivity index (χ2n) is 7.53. The van der Waals surface area contributed by atoms with Gasteiger partial charge in [0, 0.05) is 17.8 Å². The summed E-state index contributed by atoms with van der Waals surface area (Å²) >= 11 is 1.32. The van der Waals surface area contributed by atoms with E-state index in [2.05, 4.69) is 56.6 Å². The summed E-state index contributed by atoms with van der Waals surface area (Å²) in [7, 11) is 0. The minimum Gasteiger partial charge on any atom is -0.325 e. The summed E-state index contributed by atoms with van der Waals surface area (Å²) in [5.74, 6) is 0.918. The molecule has 0 radical (unpaired) electrons. The smallest absolute Gasteiger partial charge is 0.234 e. The molecule has 1 saturated heterocycles. The van der Waals surface area contributed by atoms with E-state index < -0.39 is 0 Å². The molecule has 2 aromatic carbocycles. The number of aromatic amines is 1. The molecule has 0 saturated carbocycles. The zero-order chi connectivity index (χ0) is 20.8. The first-order valence-electron chi connectivity index (χ1n) is 10.5. The number of rotatable bonds is 8. The Morgan fingerprint density at radius 1 is 1.07 bits per heavy atom. The number of H-pyrrole nitrogens is 1. The number of carbonyl (C=O) groups is 1. The predicted octanol–water partition coefficient (Wildman–Crippen LogP) is 4.36. The fourth-order valence-corrected chi connectivity index (χ4v) is 4.16. The molecule has 0 atom stereocenters. The first kappa shape index (κ1) is 20.6. The molecule has 0 bridgehead atoms. The number of likely N-dealkylation sites (tertiary alicyclic amines) is 1. The van der Waals surface area contributed by atoms with Crippen molar-refractivity contribution in [3.63, 3.8) is 0 Å². The zero-order valence-corrected chi connectivity index (χ0v) is 18.0. The summed E-state index contributed by atoms with van der Waals surface area (Å²) in [6.07, 6.45) is 3.60. The lowest BCUT2D eigenvalue weighted by Gasteiger charge is -2.14. The number of aryl methyl sites for hydroxylation is 1. The van der Waals surface area contributed by atoms with E-state index in [1.54, 1.807) is 0 Å². The number of hydrogen-bond donors (Lipinski definition) is 2. The highest BCUT2D eigenvalue weighted by atomic mass is 32.2. The standard InChI is InChI=1S/C23H27N5OS/c1-2-17-5-9-19(10-6-17)22-25-23(27-26-22)30-16-21(29)24-20-11-7-18(8-12-20)15-28-13-3-4-14-28/h5-12H,2-4,13-16H2,1H3,(H,24,29)(H,25,26,27). The number of thioether (sulfide) groups is 1. The fraction of sp³-hybridized carbons (Fsp3) is 0.348. The molecule has 156 valence electrons. The van der Waals surface area contributed by atoms with E-state index in [1.165, 1.54) is 48.8 Å². The normalized spacial score (nSPS) is 14.2. The molecule has 1 aliphatic heterocycles. The summed E-state index contributed by atoms with van der Waals surface area (Å²) in [5, 5.41) is 10.7. The minimum absolute atomic E-state index is 0.0639. The molecule has 0 aliphatic carbocycles. The maximum absolute atomic E-state index is 12.3. The van der Waals surface area contributed by atoms with Gasteiger partial charge in [0.05, 0.1) is 5.75 Å². The number of benzene rings is 2. The molecule has 0 spiro atoms. The van der Waals surface area contributed by atoms with E-state index >= 15 is 0 Å². The van der Waals surface area contributed by atoms with Gasteiger partial charge in [-0.15, -0.1) is 5.10 Å². The molecule has 2 heterocycles. The van der Waals surface area contributed by atoms with Crippen LogP contribution in [-0.4, -0.2) is 44.8 Å². The molecule has 2 N–H and O–H groups in total. The number of amides is 1. The Balaban J connectivity index is 1.26. The molecular formula is C23H27N5OS. The topological polar surface area (TPSA) is 73.9 Å². The van der Waals surface area contributed by atoms with Crippen LogP contribution >= 0.6 is 11.8 Å². The van der Waals surface area contributed by atoms with E-state index in [-0.39, 0.29) is 11.7 Å². The lowest BCUT2D eigenvalue weighted by molar-refractivity contribution is -0.113. The summed E-state index contributed by atoms with van der Waals surface area (Å²) < 4.78 is 0. The molecule has 30 heavy (non-hydrogen) atoms. The van der Waals surface area contributed by atoms with E-state index in [0.29, 0.717) is 11.0 Å². The van der Waals surface area contributed by atoms with Gasteiger partial charge in [0.1, 0.15) is 0 Å². The van der Waals surface area contributed by atoms with Crippen molar-refractivity contribution in [3.05, 3.63) is 59.7 Å². The first-order chi connectivity index (χ1) is 14.7. The molecule has 7 heteroatoms. The molecule has 3 aromatic rings. The third kappa shape index (κ3) is 5.49. The molecule has 1 amide bonds. The van der Waals surface area contributed by atoms with E-state index in [4.69, 9.17) is 0 Å². The van der Waals surface area contributed by atoms with Crippen molar-refractivity contribution in [2.75, 3.05) is 24.2 Å². The average Bonchev–Trinajstić information content (AvgIpc) is 3.46. The van der Waals surface area contributed by atoms with Crippen LogP contribution in [0.5, 0.6) is 0 Å². The van der Waals surface area contributed by atoms with E-state index in [9.17, 15) is 4.79 Å². The van der Waals surface area contributed by atoms with Gasteiger partial charge < -0.3 is 5.32 Å². The molecule has 4 rings (SSSR count). The maximum atomic E-state index is 12.3. The minimum atomic E-state index is -0.0639. The predicted molar refractivity (Wildman–Crippen MR) is 122 cm³/mol. The number of nitrogens with zero attached hydrogens (tertiary/aromatic N) is 3. The molecule has 1 aliphatic rings. The second-order valence-corrected chi connectivity index (χ2v) is 8.48. The SMILES string of the molecule is CCc1ccc(-c2nc(SCC(=O)Nc3ccc(CN4CCCC4)cc3)n[nH]2)cc1. The number of nitrogens with one attached hydrogen (secondary N) is 2. The average molecular weight is 422 g/mol. The van der Waals surface area contributed by atoms with Crippen molar-refractivity contribution in [2.24, 2.45) is 0 Å². The third-order valence-electron chi connectivity index (χ3n) is 5.28. The van der Waals surface area contributed by atoms with Crippen molar-refractivity contribution in [2.45, 2.75) is 37.9 Å².